The fraction of sp³-hybridized carbons (Fsp3) is 0.483. The van der Waals surface area contributed by atoms with Crippen LogP contribution in [0.15, 0.2) is 36.4 Å². The first-order valence-corrected chi connectivity index (χ1v) is 15.6. The Hall–Kier alpha value is -3.42. The first-order valence-electron chi connectivity index (χ1n) is 13.6. The molecule has 1 unspecified atom stereocenters. The summed E-state index contributed by atoms with van der Waals surface area (Å²) in [4.78, 5) is 43.1. The molecule has 43 heavy (non-hydrogen) atoms. The number of hydrogen-bond donors (Lipinski definition) is 2. The van der Waals surface area contributed by atoms with E-state index in [1.54, 1.807) is 53.7 Å². The maximum atomic E-state index is 14.9. The van der Waals surface area contributed by atoms with Crippen LogP contribution < -0.4 is 10.3 Å². The summed E-state index contributed by atoms with van der Waals surface area (Å²) in [5, 5.41) is -0.315. The first kappa shape index (κ1) is 34.1. The number of nitrogens with one attached hydrogen (secondary N) is 2. The predicted molar refractivity (Wildman–Crippen MR) is 161 cm³/mol. The summed E-state index contributed by atoms with van der Waals surface area (Å²) < 4.78 is 51.9. The van der Waals surface area contributed by atoms with Gasteiger partial charge in [-0.15, -0.1) is 4.83 Å². The molecule has 2 N–H and O–H groups in total. The Kier molecular flexibility index (Phi) is 10.4. The number of sulfonamides is 1. The average molecular weight is 641 g/mol. The molecule has 0 aromatic heterocycles. The molecule has 1 fully saturated rings. The van der Waals surface area contributed by atoms with Crippen LogP contribution in [0.5, 0.6) is 0 Å². The fourth-order valence-corrected chi connectivity index (χ4v) is 5.63. The van der Waals surface area contributed by atoms with Crippen LogP contribution in [-0.2, 0) is 19.5 Å². The van der Waals surface area contributed by atoms with Crippen molar-refractivity contribution in [2.24, 2.45) is 0 Å². The average Bonchev–Trinajstić information content (AvgIpc) is 2.86. The highest BCUT2D eigenvalue weighted by Gasteiger charge is 2.39. The number of piperazine rings is 1. The summed E-state index contributed by atoms with van der Waals surface area (Å²) in [6.07, 6.45) is -1.42. The number of benzene rings is 2. The summed E-state index contributed by atoms with van der Waals surface area (Å²) in [6.45, 7) is 11.9. The lowest BCUT2D eigenvalue weighted by molar-refractivity contribution is -0.0118. The third-order valence-corrected chi connectivity index (χ3v) is 7.63. The van der Waals surface area contributed by atoms with Crippen molar-refractivity contribution in [3.05, 3.63) is 58.4 Å². The van der Waals surface area contributed by atoms with Gasteiger partial charge in [-0.3, -0.25) is 10.2 Å². The van der Waals surface area contributed by atoms with Gasteiger partial charge in [0.25, 0.3) is 5.91 Å². The molecule has 3 rings (SSSR count). The van der Waals surface area contributed by atoms with Crippen LogP contribution in [0.25, 0.3) is 11.1 Å². The Morgan fingerprint density at radius 2 is 1.60 bits per heavy atom. The lowest BCUT2D eigenvalue weighted by Gasteiger charge is -2.41. The molecule has 11 nitrogen and oxygen atoms in total. The second-order valence-corrected chi connectivity index (χ2v) is 14.5. The monoisotopic (exact) mass is 640 g/mol. The number of rotatable bonds is 6. The van der Waals surface area contributed by atoms with Crippen molar-refractivity contribution in [3.8, 4) is 11.1 Å². The maximum Gasteiger partial charge on any atom is 0.410 e. The molecule has 0 radical (unpaired) electrons. The molecule has 1 heterocycles. The van der Waals surface area contributed by atoms with Crippen LogP contribution in [0.1, 0.15) is 57.5 Å². The number of nitrogens with zero attached hydrogens (tertiary/aromatic N) is 2. The van der Waals surface area contributed by atoms with E-state index < -0.39 is 62.5 Å². The molecule has 236 valence electrons. The third-order valence-electron chi connectivity index (χ3n) is 6.12. The highest BCUT2D eigenvalue weighted by molar-refractivity contribution is 7.89. The number of carbonyl (C=O) groups excluding carboxylic acids is 3. The van der Waals surface area contributed by atoms with Crippen LogP contribution >= 0.6 is 11.6 Å². The van der Waals surface area contributed by atoms with Crippen molar-refractivity contribution in [3.63, 3.8) is 0 Å². The summed E-state index contributed by atoms with van der Waals surface area (Å²) in [5.41, 5.74) is 1.98. The first-order chi connectivity index (χ1) is 19.7. The van der Waals surface area contributed by atoms with Crippen LogP contribution in [0.4, 0.5) is 14.0 Å². The molecule has 1 aliphatic rings. The number of amides is 3. The molecule has 0 saturated carbocycles. The highest BCUT2D eigenvalue weighted by Crippen LogP contribution is 2.28. The van der Waals surface area contributed by atoms with Crippen molar-refractivity contribution in [1.82, 2.24) is 20.1 Å². The molecular weight excluding hydrogens is 603 g/mol. The number of aryl methyl sites for hydroxylation is 1. The Labute approximate surface area is 256 Å². The van der Waals surface area contributed by atoms with E-state index in [0.717, 1.165) is 5.56 Å². The Balaban J connectivity index is 1.79. The van der Waals surface area contributed by atoms with Crippen LogP contribution in [0.2, 0.25) is 5.02 Å². The van der Waals surface area contributed by atoms with E-state index in [4.69, 9.17) is 21.1 Å². The number of hydrazine groups is 1. The van der Waals surface area contributed by atoms with E-state index in [-0.39, 0.29) is 24.7 Å². The van der Waals surface area contributed by atoms with Gasteiger partial charge in [0.1, 0.15) is 11.2 Å². The molecule has 0 aliphatic carbocycles. The molecule has 3 amide bonds. The quantitative estimate of drug-likeness (QED) is 0.430. The zero-order valence-electron chi connectivity index (χ0n) is 25.3. The van der Waals surface area contributed by atoms with Gasteiger partial charge in [-0.1, -0.05) is 41.4 Å². The summed E-state index contributed by atoms with van der Waals surface area (Å²) in [6, 6.07) is 8.85. The Bertz CT molecular complexity index is 1490. The zero-order chi connectivity index (χ0) is 32.3. The topological polar surface area (TPSA) is 134 Å². The Morgan fingerprint density at radius 3 is 2.21 bits per heavy atom. The number of carbonyl (C=O) groups is 3. The van der Waals surface area contributed by atoms with Crippen LogP contribution in [0.3, 0.4) is 0 Å². The summed E-state index contributed by atoms with van der Waals surface area (Å²) >= 11 is 6.06. The second-order valence-electron chi connectivity index (χ2n) is 12.3. The van der Waals surface area contributed by atoms with Gasteiger partial charge in [0.2, 0.25) is 10.0 Å². The minimum atomic E-state index is -4.34. The molecule has 1 saturated heterocycles. The van der Waals surface area contributed by atoms with Crippen molar-refractivity contribution < 1.29 is 36.7 Å². The molecule has 0 spiro atoms. The molecule has 14 heteroatoms. The van der Waals surface area contributed by atoms with E-state index in [1.165, 1.54) is 21.9 Å². The number of hydrogen-bond acceptors (Lipinski definition) is 7. The largest absolute Gasteiger partial charge is 0.444 e. The normalized spacial score (nSPS) is 16.1. The fourth-order valence-electron chi connectivity index (χ4n) is 4.28. The van der Waals surface area contributed by atoms with Gasteiger partial charge in [-0.05, 0) is 71.7 Å². The van der Waals surface area contributed by atoms with E-state index in [0.29, 0.717) is 11.1 Å². The van der Waals surface area contributed by atoms with Gasteiger partial charge in [-0.25, -0.2) is 22.4 Å². The van der Waals surface area contributed by atoms with Crippen molar-refractivity contribution in [2.75, 3.05) is 25.4 Å². The summed E-state index contributed by atoms with van der Waals surface area (Å²) in [7, 11) is -4.34. The molecular formula is C29H38ClFN4O7S. The third kappa shape index (κ3) is 9.80. The maximum absolute atomic E-state index is 14.9. The van der Waals surface area contributed by atoms with Gasteiger partial charge in [0.15, 0.2) is 5.82 Å². The Morgan fingerprint density at radius 1 is 0.977 bits per heavy atom. The highest BCUT2D eigenvalue weighted by atomic mass is 35.5. The van der Waals surface area contributed by atoms with Crippen molar-refractivity contribution in [2.45, 2.75) is 65.7 Å². The van der Waals surface area contributed by atoms with E-state index in [2.05, 4.69) is 0 Å². The van der Waals surface area contributed by atoms with E-state index in [9.17, 15) is 27.2 Å². The van der Waals surface area contributed by atoms with Crippen molar-refractivity contribution >= 4 is 39.7 Å². The lowest BCUT2D eigenvalue weighted by Crippen LogP contribution is -2.60. The van der Waals surface area contributed by atoms with Gasteiger partial charge < -0.3 is 19.3 Å². The molecule has 2 aromatic rings. The van der Waals surface area contributed by atoms with Crippen LogP contribution in [0, 0.1) is 12.7 Å². The smallest absolute Gasteiger partial charge is 0.410 e. The minimum absolute atomic E-state index is 0.0177. The standard InChI is InChI=1S/C29H38ClFN4O7S/c1-18-9-8-10-19(13-18)20-14-22(24(31)23(30)15-20)25(36)32-33-43(39,40)17-21-16-34(26(37)41-28(2,3)4)11-12-35(21)27(38)42-29(5,6)7/h8-10,13-15,21,33H,11-12,16-17H2,1-7H3,(H,32,36). The van der Waals surface area contributed by atoms with Gasteiger partial charge in [0, 0.05) is 19.6 Å². The summed E-state index contributed by atoms with van der Waals surface area (Å²) in [5.74, 6) is -2.81. The SMILES string of the molecule is Cc1cccc(-c2cc(Cl)c(F)c(C(=O)NNS(=O)(=O)CC3CN(C(=O)OC(C)(C)C)CCN3C(=O)OC(C)(C)C)c2)c1. The van der Waals surface area contributed by atoms with Crippen LogP contribution in [-0.4, -0.2) is 78.9 Å². The number of halogens is 2. The number of ether oxygens (including phenoxy) is 2. The van der Waals surface area contributed by atoms with E-state index in [1.807, 2.05) is 29.3 Å². The molecule has 2 aromatic carbocycles. The second kappa shape index (κ2) is 13.1. The van der Waals surface area contributed by atoms with Crippen molar-refractivity contribution in [1.29, 1.82) is 0 Å². The molecule has 1 aliphatic heterocycles. The predicted octanol–water partition coefficient (Wildman–Crippen LogP) is 4.88. The van der Waals surface area contributed by atoms with Gasteiger partial charge in [0.05, 0.1) is 22.4 Å². The molecule has 1 atom stereocenters. The van der Waals surface area contributed by atoms with Gasteiger partial charge >= 0.3 is 12.2 Å². The zero-order valence-corrected chi connectivity index (χ0v) is 26.9. The van der Waals surface area contributed by atoms with E-state index >= 15 is 0 Å². The minimum Gasteiger partial charge on any atom is -0.444 e. The van der Waals surface area contributed by atoms with Gasteiger partial charge in [-0.2, -0.15) is 0 Å². The lowest BCUT2D eigenvalue weighted by atomic mass is 10.0. The molecule has 0 bridgehead atoms.